The van der Waals surface area contributed by atoms with Crippen molar-refractivity contribution in [3.05, 3.63) is 0 Å². The van der Waals surface area contributed by atoms with Crippen molar-refractivity contribution in [1.82, 2.24) is 10.2 Å². The predicted molar refractivity (Wildman–Crippen MR) is 59.3 cm³/mol. The lowest BCUT2D eigenvalue weighted by atomic mass is 9.99. The number of amidine groups is 1. The van der Waals surface area contributed by atoms with E-state index in [4.69, 9.17) is 16.3 Å². The summed E-state index contributed by atoms with van der Waals surface area (Å²) in [5.74, 6) is 0. The molecule has 0 bridgehead atoms. The number of halogens is 1. The van der Waals surface area contributed by atoms with E-state index in [9.17, 15) is 4.79 Å². The summed E-state index contributed by atoms with van der Waals surface area (Å²) in [5.41, 5.74) is 0. The molecule has 1 heterocycles. The molecule has 2 unspecified atom stereocenters. The largest absolute Gasteiger partial charge is 0.450 e. The molecule has 1 N–H and O–H groups in total. The molecule has 1 amide bonds. The Kier molecular flexibility index (Phi) is 4.20. The number of rotatable bonds is 2. The van der Waals surface area contributed by atoms with Gasteiger partial charge in [0, 0.05) is 13.6 Å². The third-order valence-corrected chi connectivity index (χ3v) is 2.75. The highest BCUT2D eigenvalue weighted by molar-refractivity contribution is 6.64. The van der Waals surface area contributed by atoms with E-state index in [1.54, 1.807) is 18.9 Å². The summed E-state index contributed by atoms with van der Waals surface area (Å²) in [4.78, 5) is 16.8. The predicted octanol–water partition coefficient (Wildman–Crippen LogP) is 1.03. The van der Waals surface area contributed by atoms with Gasteiger partial charge in [-0.1, -0.05) is 0 Å². The van der Waals surface area contributed by atoms with E-state index in [0.29, 0.717) is 18.4 Å². The van der Waals surface area contributed by atoms with E-state index < -0.39 is 0 Å². The van der Waals surface area contributed by atoms with Crippen LogP contribution in [0.4, 0.5) is 4.79 Å². The van der Waals surface area contributed by atoms with E-state index in [2.05, 4.69) is 10.3 Å². The van der Waals surface area contributed by atoms with Crippen molar-refractivity contribution in [2.45, 2.75) is 25.9 Å². The number of nitrogens with one attached hydrogen (secondary N) is 1. The smallest absolute Gasteiger partial charge is 0.410 e. The minimum Gasteiger partial charge on any atom is -0.450 e. The SMILES string of the molecule is CCOC(=O)N1CC(NC(Cl)=NC)C1C. The zero-order valence-corrected chi connectivity index (χ0v) is 9.91. The molecule has 0 radical (unpaired) electrons. The molecule has 86 valence electrons. The van der Waals surface area contributed by atoms with Crippen molar-refractivity contribution in [2.75, 3.05) is 20.2 Å². The third-order valence-electron chi connectivity index (χ3n) is 2.47. The van der Waals surface area contributed by atoms with Crippen molar-refractivity contribution in [3.63, 3.8) is 0 Å². The van der Waals surface area contributed by atoms with Crippen LogP contribution in [0.15, 0.2) is 4.99 Å². The first-order valence-electron chi connectivity index (χ1n) is 4.92. The molecule has 1 aliphatic rings. The van der Waals surface area contributed by atoms with Crippen molar-refractivity contribution < 1.29 is 9.53 Å². The van der Waals surface area contributed by atoms with Crippen LogP contribution < -0.4 is 5.32 Å². The van der Waals surface area contributed by atoms with Crippen LogP contribution in [0, 0.1) is 0 Å². The third kappa shape index (κ3) is 2.75. The molecule has 0 aromatic carbocycles. The molecule has 0 spiro atoms. The summed E-state index contributed by atoms with van der Waals surface area (Å²) in [5, 5.41) is 3.38. The van der Waals surface area contributed by atoms with Crippen molar-refractivity contribution >= 4 is 23.0 Å². The zero-order valence-electron chi connectivity index (χ0n) is 9.16. The van der Waals surface area contributed by atoms with Crippen LogP contribution in [-0.4, -0.2) is 48.6 Å². The lowest BCUT2D eigenvalue weighted by Crippen LogP contribution is -2.66. The lowest BCUT2D eigenvalue weighted by molar-refractivity contribution is 0.0390. The van der Waals surface area contributed by atoms with Crippen LogP contribution in [0.3, 0.4) is 0 Å². The van der Waals surface area contributed by atoms with Crippen molar-refractivity contribution in [1.29, 1.82) is 0 Å². The van der Waals surface area contributed by atoms with E-state index in [0.717, 1.165) is 0 Å². The average Bonchev–Trinajstić information content (AvgIpc) is 2.22. The highest BCUT2D eigenvalue weighted by Crippen LogP contribution is 2.19. The molecule has 1 aliphatic heterocycles. The summed E-state index contributed by atoms with van der Waals surface area (Å²) in [7, 11) is 1.61. The summed E-state index contributed by atoms with van der Waals surface area (Å²) in [6, 6.07) is 0.241. The standard InChI is InChI=1S/C9H16ClN3O2/c1-4-15-9(14)13-5-7(6(13)2)12-8(10)11-3/h6-7H,4-5H2,1-3H3,(H,11,12). The summed E-state index contributed by atoms with van der Waals surface area (Å²) in [6.07, 6.45) is -0.271. The van der Waals surface area contributed by atoms with E-state index in [1.165, 1.54) is 0 Å². The molecule has 0 aromatic rings. The van der Waals surface area contributed by atoms with Gasteiger partial charge in [0.15, 0.2) is 5.29 Å². The maximum atomic E-state index is 11.3. The Morgan fingerprint density at radius 1 is 1.73 bits per heavy atom. The summed E-state index contributed by atoms with van der Waals surface area (Å²) < 4.78 is 4.89. The molecule has 2 atom stereocenters. The number of likely N-dealkylation sites (tertiary alicyclic amines) is 1. The minimum absolute atomic E-state index is 0.0829. The average molecular weight is 234 g/mol. The number of ether oxygens (including phenoxy) is 1. The first-order valence-corrected chi connectivity index (χ1v) is 5.30. The van der Waals surface area contributed by atoms with E-state index in [-0.39, 0.29) is 18.2 Å². The van der Waals surface area contributed by atoms with E-state index >= 15 is 0 Å². The van der Waals surface area contributed by atoms with Gasteiger partial charge in [-0.25, -0.2) is 4.79 Å². The van der Waals surface area contributed by atoms with Gasteiger partial charge >= 0.3 is 6.09 Å². The second kappa shape index (κ2) is 5.21. The second-order valence-corrected chi connectivity index (χ2v) is 3.72. The summed E-state index contributed by atoms with van der Waals surface area (Å²) >= 11 is 5.73. The zero-order chi connectivity index (χ0) is 11.4. The van der Waals surface area contributed by atoms with Crippen molar-refractivity contribution in [3.8, 4) is 0 Å². The van der Waals surface area contributed by atoms with Gasteiger partial charge in [0.2, 0.25) is 0 Å². The van der Waals surface area contributed by atoms with Crippen LogP contribution in [0.5, 0.6) is 0 Å². The maximum Gasteiger partial charge on any atom is 0.410 e. The van der Waals surface area contributed by atoms with Gasteiger partial charge < -0.3 is 15.0 Å². The van der Waals surface area contributed by atoms with E-state index in [1.807, 2.05) is 6.92 Å². The quantitative estimate of drug-likeness (QED) is 0.440. The van der Waals surface area contributed by atoms with Gasteiger partial charge in [-0.2, -0.15) is 0 Å². The Morgan fingerprint density at radius 2 is 2.40 bits per heavy atom. The number of carbonyl (C=O) groups is 1. The first kappa shape index (κ1) is 12.1. The van der Waals surface area contributed by atoms with Gasteiger partial charge in [0.05, 0.1) is 18.7 Å². The molecule has 1 saturated heterocycles. The number of carbonyl (C=O) groups excluding carboxylic acids is 1. The monoisotopic (exact) mass is 233 g/mol. The van der Waals surface area contributed by atoms with Gasteiger partial charge in [-0.15, -0.1) is 0 Å². The fraction of sp³-hybridized carbons (Fsp3) is 0.778. The highest BCUT2D eigenvalue weighted by Gasteiger charge is 2.39. The molecule has 1 fully saturated rings. The lowest BCUT2D eigenvalue weighted by Gasteiger charge is -2.45. The highest BCUT2D eigenvalue weighted by atomic mass is 35.5. The number of nitrogens with zero attached hydrogens (tertiary/aromatic N) is 2. The normalized spacial score (nSPS) is 25.9. The fourth-order valence-electron chi connectivity index (χ4n) is 1.44. The number of amides is 1. The summed E-state index contributed by atoms with van der Waals surface area (Å²) in [6.45, 7) is 4.74. The Balaban J connectivity index is 2.37. The molecule has 5 nitrogen and oxygen atoms in total. The number of aliphatic imine (C=N–C) groups is 1. The van der Waals surface area contributed by atoms with Gasteiger partial charge in [0.1, 0.15) is 0 Å². The Bertz CT molecular complexity index is 270. The second-order valence-electron chi connectivity index (χ2n) is 3.36. The van der Waals surface area contributed by atoms with Crippen LogP contribution >= 0.6 is 11.6 Å². The van der Waals surface area contributed by atoms with Crippen LogP contribution in [0.25, 0.3) is 0 Å². The van der Waals surface area contributed by atoms with Gasteiger partial charge in [0.25, 0.3) is 0 Å². The molecule has 0 saturated carbocycles. The Hall–Kier alpha value is -0.970. The van der Waals surface area contributed by atoms with Gasteiger partial charge in [-0.3, -0.25) is 4.99 Å². The maximum absolute atomic E-state index is 11.3. The Morgan fingerprint density at radius 3 is 2.87 bits per heavy atom. The fourth-order valence-corrected chi connectivity index (χ4v) is 1.58. The molecular weight excluding hydrogens is 218 g/mol. The number of hydrogen-bond donors (Lipinski definition) is 1. The molecule has 15 heavy (non-hydrogen) atoms. The molecular formula is C9H16ClN3O2. The van der Waals surface area contributed by atoms with Crippen LogP contribution in [0.1, 0.15) is 13.8 Å². The first-order chi connectivity index (χ1) is 7.10. The number of hydrogen-bond acceptors (Lipinski definition) is 3. The van der Waals surface area contributed by atoms with Gasteiger partial charge in [-0.05, 0) is 25.4 Å². The minimum atomic E-state index is -0.271. The Labute approximate surface area is 94.4 Å². The van der Waals surface area contributed by atoms with Crippen molar-refractivity contribution in [2.24, 2.45) is 4.99 Å². The molecule has 0 aliphatic carbocycles. The molecule has 6 heteroatoms. The molecule has 1 rings (SSSR count). The molecule has 0 aromatic heterocycles. The van der Waals surface area contributed by atoms with Crippen LogP contribution in [0.2, 0.25) is 0 Å². The van der Waals surface area contributed by atoms with Crippen LogP contribution in [-0.2, 0) is 4.74 Å². The topological polar surface area (TPSA) is 53.9 Å².